The first-order valence-electron chi connectivity index (χ1n) is 10.5. The van der Waals surface area contributed by atoms with Gasteiger partial charge in [-0.3, -0.25) is 9.78 Å². The maximum absolute atomic E-state index is 12.0. The number of hydrogen-bond donors (Lipinski definition) is 1. The van der Waals surface area contributed by atoms with Gasteiger partial charge in [0.25, 0.3) is 0 Å². The zero-order valence-corrected chi connectivity index (χ0v) is 18.0. The van der Waals surface area contributed by atoms with Gasteiger partial charge in [0.2, 0.25) is 5.91 Å². The van der Waals surface area contributed by atoms with Crippen molar-refractivity contribution < 1.29 is 14.3 Å². The van der Waals surface area contributed by atoms with Crippen LogP contribution in [0.3, 0.4) is 0 Å². The normalized spacial score (nSPS) is 11.5. The number of methoxy groups -OCH3 is 1. The van der Waals surface area contributed by atoms with Crippen molar-refractivity contribution in [1.29, 1.82) is 0 Å². The van der Waals surface area contributed by atoms with Gasteiger partial charge < -0.3 is 14.8 Å². The van der Waals surface area contributed by atoms with Crippen molar-refractivity contribution in [3.05, 3.63) is 72.6 Å². The number of aromatic nitrogens is 1. The number of hydrogen-bond acceptors (Lipinski definition) is 4. The van der Waals surface area contributed by atoms with E-state index in [1.54, 1.807) is 25.6 Å². The number of carbonyl (C=O) groups is 1. The molecule has 1 heterocycles. The average molecular weight is 409 g/mol. The Kier molecular flexibility index (Phi) is 10.8. The molecule has 1 N–H and O–H groups in total. The number of benzene rings is 1. The highest BCUT2D eigenvalue weighted by Gasteiger charge is 2.02. The molecule has 2 rings (SSSR count). The van der Waals surface area contributed by atoms with Crippen LogP contribution in [0, 0.1) is 0 Å². The number of ether oxygens (including phenoxy) is 2. The quantitative estimate of drug-likeness (QED) is 0.281. The number of amides is 1. The Hall–Kier alpha value is -3.08. The number of carbonyl (C=O) groups excluding carboxylic acids is 1. The van der Waals surface area contributed by atoms with Crippen LogP contribution in [0.4, 0.5) is 0 Å². The summed E-state index contributed by atoms with van der Waals surface area (Å²) in [5, 5.41) is 2.88. The van der Waals surface area contributed by atoms with Crippen LogP contribution in [0.5, 0.6) is 11.5 Å². The van der Waals surface area contributed by atoms with Crippen molar-refractivity contribution in [1.82, 2.24) is 10.3 Å². The molecule has 0 bridgehead atoms. The van der Waals surface area contributed by atoms with Crippen molar-refractivity contribution in [3.8, 4) is 11.5 Å². The molecule has 30 heavy (non-hydrogen) atoms. The lowest BCUT2D eigenvalue weighted by atomic mass is 9.99. The lowest BCUT2D eigenvalue weighted by Gasteiger charge is -2.08. The fraction of sp³-hybridized carbons (Fsp3) is 0.360. The van der Waals surface area contributed by atoms with Crippen LogP contribution in [-0.4, -0.2) is 31.2 Å². The van der Waals surface area contributed by atoms with E-state index in [0.29, 0.717) is 13.2 Å². The molecule has 0 aliphatic carbocycles. The third-order valence-corrected chi connectivity index (χ3v) is 4.58. The maximum Gasteiger partial charge on any atom is 0.243 e. The predicted octanol–water partition coefficient (Wildman–Crippen LogP) is 5.20. The summed E-state index contributed by atoms with van der Waals surface area (Å²) in [7, 11) is 1.67. The molecule has 1 aromatic carbocycles. The van der Waals surface area contributed by atoms with Crippen LogP contribution in [0.25, 0.3) is 5.57 Å². The molecule has 0 fully saturated rings. The van der Waals surface area contributed by atoms with Crippen LogP contribution < -0.4 is 14.8 Å². The lowest BCUT2D eigenvalue weighted by molar-refractivity contribution is -0.116. The van der Waals surface area contributed by atoms with Gasteiger partial charge in [0.1, 0.15) is 11.5 Å². The molecule has 2 aromatic rings. The minimum absolute atomic E-state index is 0.102. The Labute approximate surface area is 179 Å². The Balaban J connectivity index is 1.80. The fourth-order valence-electron chi connectivity index (χ4n) is 2.91. The highest BCUT2D eigenvalue weighted by Crippen LogP contribution is 2.23. The van der Waals surface area contributed by atoms with Gasteiger partial charge >= 0.3 is 0 Å². The van der Waals surface area contributed by atoms with E-state index in [-0.39, 0.29) is 5.91 Å². The maximum atomic E-state index is 12.0. The minimum Gasteiger partial charge on any atom is -0.497 e. The van der Waals surface area contributed by atoms with Gasteiger partial charge in [-0.1, -0.05) is 44.1 Å². The topological polar surface area (TPSA) is 60.5 Å². The van der Waals surface area contributed by atoms with Crippen molar-refractivity contribution in [3.63, 3.8) is 0 Å². The molecule has 5 heteroatoms. The highest BCUT2D eigenvalue weighted by atomic mass is 16.5. The first-order chi connectivity index (χ1) is 14.7. The summed E-state index contributed by atoms with van der Waals surface area (Å²) in [5.41, 5.74) is 2.38. The van der Waals surface area contributed by atoms with Gasteiger partial charge in [0, 0.05) is 18.8 Å². The highest BCUT2D eigenvalue weighted by molar-refractivity contribution is 5.88. The number of unbranched alkanes of at least 4 members (excludes halogenated alkanes) is 2. The molecule has 0 aliphatic heterocycles. The molecule has 0 aliphatic rings. The molecular formula is C25H32N2O3. The molecule has 1 aromatic heterocycles. The van der Waals surface area contributed by atoms with E-state index in [9.17, 15) is 4.79 Å². The zero-order valence-electron chi connectivity index (χ0n) is 18.0. The van der Waals surface area contributed by atoms with Crippen LogP contribution >= 0.6 is 0 Å². The van der Waals surface area contributed by atoms with E-state index in [1.807, 2.05) is 36.4 Å². The summed E-state index contributed by atoms with van der Waals surface area (Å²) in [6.45, 7) is 3.30. The van der Waals surface area contributed by atoms with Crippen LogP contribution in [-0.2, 0) is 4.79 Å². The summed E-state index contributed by atoms with van der Waals surface area (Å²) in [6.07, 6.45) is 14.0. The van der Waals surface area contributed by atoms with E-state index < -0.39 is 0 Å². The van der Waals surface area contributed by atoms with E-state index in [2.05, 4.69) is 29.4 Å². The van der Waals surface area contributed by atoms with Crippen molar-refractivity contribution in [2.24, 2.45) is 0 Å². The third kappa shape index (κ3) is 8.95. The van der Waals surface area contributed by atoms with E-state index >= 15 is 0 Å². The van der Waals surface area contributed by atoms with Gasteiger partial charge in [-0.15, -0.1) is 0 Å². The molecule has 0 radical (unpaired) electrons. The first-order valence-corrected chi connectivity index (χ1v) is 10.5. The van der Waals surface area contributed by atoms with Crippen molar-refractivity contribution in [2.45, 2.75) is 39.0 Å². The second-order valence-electron chi connectivity index (χ2n) is 6.92. The molecule has 1 amide bonds. The molecule has 0 saturated heterocycles. The van der Waals surface area contributed by atoms with Gasteiger partial charge in [-0.25, -0.2) is 0 Å². The summed E-state index contributed by atoms with van der Waals surface area (Å²) in [5.74, 6) is 1.48. The predicted molar refractivity (Wildman–Crippen MR) is 122 cm³/mol. The zero-order chi connectivity index (χ0) is 21.4. The van der Waals surface area contributed by atoms with Crippen LogP contribution in [0.2, 0.25) is 0 Å². The monoisotopic (exact) mass is 408 g/mol. The van der Waals surface area contributed by atoms with Gasteiger partial charge in [-0.2, -0.15) is 0 Å². The fourth-order valence-corrected chi connectivity index (χ4v) is 2.91. The van der Waals surface area contributed by atoms with Crippen molar-refractivity contribution in [2.75, 3.05) is 20.3 Å². The summed E-state index contributed by atoms with van der Waals surface area (Å²) in [4.78, 5) is 16.0. The van der Waals surface area contributed by atoms with Gasteiger partial charge in [0.05, 0.1) is 19.9 Å². The molecule has 0 unspecified atom stereocenters. The Morgan fingerprint density at radius 3 is 2.63 bits per heavy atom. The third-order valence-electron chi connectivity index (χ3n) is 4.58. The van der Waals surface area contributed by atoms with Crippen LogP contribution in [0.15, 0.2) is 67.0 Å². The molecule has 160 valence electrons. The molecule has 5 nitrogen and oxygen atoms in total. The second-order valence-corrected chi connectivity index (χ2v) is 6.92. The number of allylic oxidation sites excluding steroid dienone is 3. The number of nitrogens with one attached hydrogen (secondary N) is 1. The van der Waals surface area contributed by atoms with E-state index in [0.717, 1.165) is 36.3 Å². The first kappa shape index (κ1) is 23.2. The average Bonchev–Trinajstić information content (AvgIpc) is 2.79. The van der Waals surface area contributed by atoms with Crippen LogP contribution in [0.1, 0.15) is 44.6 Å². The Bertz CT molecular complexity index is 799. The summed E-state index contributed by atoms with van der Waals surface area (Å²) in [6, 6.07) is 11.7. The molecule has 0 saturated carbocycles. The second kappa shape index (κ2) is 14.0. The standard InChI is InChI=1S/C25H32N2O3/c1-3-4-5-9-21(22-13-15-23(29-2)16-14-22)10-6-12-25(28)27-18-8-19-30-24-11-7-17-26-20-24/h6-7,10-17,20H,3-5,8-9,18-19H2,1-2H3,(H,27,28). The van der Waals surface area contributed by atoms with E-state index in [4.69, 9.17) is 9.47 Å². The molecular weight excluding hydrogens is 376 g/mol. The SMILES string of the molecule is CCCCCC(=CC=CC(=O)NCCCOc1cccnc1)c1ccc(OC)cc1. The summed E-state index contributed by atoms with van der Waals surface area (Å²) >= 11 is 0. The van der Waals surface area contributed by atoms with Gasteiger partial charge in [0.15, 0.2) is 0 Å². The summed E-state index contributed by atoms with van der Waals surface area (Å²) < 4.78 is 10.8. The Morgan fingerprint density at radius 2 is 1.93 bits per heavy atom. The largest absolute Gasteiger partial charge is 0.497 e. The number of rotatable bonds is 13. The lowest BCUT2D eigenvalue weighted by Crippen LogP contribution is -2.23. The van der Waals surface area contributed by atoms with E-state index in [1.165, 1.54) is 18.4 Å². The minimum atomic E-state index is -0.102. The molecule has 0 spiro atoms. The number of pyridine rings is 1. The smallest absolute Gasteiger partial charge is 0.243 e. The Morgan fingerprint density at radius 1 is 1.10 bits per heavy atom. The van der Waals surface area contributed by atoms with Gasteiger partial charge in [-0.05, 0) is 54.7 Å². The number of nitrogens with zero attached hydrogens (tertiary/aromatic N) is 1. The van der Waals surface area contributed by atoms with Crippen molar-refractivity contribution >= 4 is 11.5 Å². The molecule has 0 atom stereocenters.